The molecule has 0 fully saturated rings. The molecule has 0 aliphatic heterocycles. The van der Waals surface area contributed by atoms with Crippen molar-refractivity contribution in [2.45, 2.75) is 6.54 Å². The molecular formula is C17H17N3O5. The summed E-state index contributed by atoms with van der Waals surface area (Å²) in [5, 5.41) is 23.1. The van der Waals surface area contributed by atoms with Gasteiger partial charge in [-0.3, -0.25) is 10.1 Å². The second-order valence-corrected chi connectivity index (χ2v) is 4.97. The highest BCUT2D eigenvalue weighted by Gasteiger charge is 2.16. The van der Waals surface area contributed by atoms with E-state index in [9.17, 15) is 10.1 Å². The smallest absolute Gasteiger partial charge is 0.292 e. The normalized spacial score (nSPS) is 9.84. The number of hydrogen-bond acceptors (Lipinski definition) is 7. The van der Waals surface area contributed by atoms with E-state index in [2.05, 4.69) is 5.32 Å². The van der Waals surface area contributed by atoms with E-state index in [4.69, 9.17) is 19.5 Å². The largest absolute Gasteiger partial charge is 0.496 e. The summed E-state index contributed by atoms with van der Waals surface area (Å²) in [6, 6.07) is 9.50. The molecule has 0 aliphatic rings. The van der Waals surface area contributed by atoms with E-state index >= 15 is 0 Å². The molecule has 1 N–H and O–H groups in total. The Balaban J connectivity index is 2.35. The summed E-state index contributed by atoms with van der Waals surface area (Å²) in [5.74, 6) is 1.57. The van der Waals surface area contributed by atoms with Gasteiger partial charge in [0.15, 0.2) is 11.5 Å². The fourth-order valence-corrected chi connectivity index (χ4v) is 2.33. The Kier molecular flexibility index (Phi) is 5.63. The number of benzene rings is 2. The van der Waals surface area contributed by atoms with Gasteiger partial charge in [0.2, 0.25) is 0 Å². The molecule has 25 heavy (non-hydrogen) atoms. The Labute approximate surface area is 144 Å². The number of nitriles is 1. The van der Waals surface area contributed by atoms with Crippen molar-refractivity contribution in [2.24, 2.45) is 0 Å². The van der Waals surface area contributed by atoms with E-state index in [1.165, 1.54) is 39.5 Å². The van der Waals surface area contributed by atoms with Crippen LogP contribution >= 0.6 is 0 Å². The highest BCUT2D eigenvalue weighted by atomic mass is 16.6. The van der Waals surface area contributed by atoms with E-state index in [0.29, 0.717) is 22.8 Å². The maximum absolute atomic E-state index is 11.2. The minimum Gasteiger partial charge on any atom is -0.496 e. The molecule has 0 unspecified atom stereocenters. The summed E-state index contributed by atoms with van der Waals surface area (Å²) in [7, 11) is 4.55. The summed E-state index contributed by atoms with van der Waals surface area (Å²) >= 11 is 0. The lowest BCUT2D eigenvalue weighted by molar-refractivity contribution is -0.384. The zero-order valence-electron chi connectivity index (χ0n) is 14.0. The lowest BCUT2D eigenvalue weighted by Crippen LogP contribution is -2.05. The summed E-state index contributed by atoms with van der Waals surface area (Å²) < 4.78 is 15.8. The molecule has 0 aromatic heterocycles. The average Bonchev–Trinajstić information content (AvgIpc) is 2.64. The number of hydrogen-bond donors (Lipinski definition) is 1. The van der Waals surface area contributed by atoms with Crippen LogP contribution in [-0.2, 0) is 6.54 Å². The Hall–Kier alpha value is -3.47. The molecule has 0 saturated carbocycles. The van der Waals surface area contributed by atoms with Crippen molar-refractivity contribution in [3.05, 3.63) is 51.6 Å². The minimum absolute atomic E-state index is 0.113. The molecule has 0 radical (unpaired) electrons. The summed E-state index contributed by atoms with van der Waals surface area (Å²) in [6.07, 6.45) is 0. The van der Waals surface area contributed by atoms with Crippen LogP contribution in [0.25, 0.3) is 0 Å². The van der Waals surface area contributed by atoms with Crippen LogP contribution < -0.4 is 19.5 Å². The summed E-state index contributed by atoms with van der Waals surface area (Å²) in [4.78, 5) is 10.7. The molecule has 0 atom stereocenters. The molecule has 2 rings (SSSR count). The Morgan fingerprint density at radius 1 is 1.08 bits per heavy atom. The first-order valence-electron chi connectivity index (χ1n) is 7.25. The highest BCUT2D eigenvalue weighted by molar-refractivity contribution is 5.65. The number of nitrogens with one attached hydrogen (secondary N) is 1. The zero-order chi connectivity index (χ0) is 18.4. The van der Waals surface area contributed by atoms with Crippen molar-refractivity contribution in [2.75, 3.05) is 26.6 Å². The number of nitro groups is 1. The molecule has 0 amide bonds. The van der Waals surface area contributed by atoms with Crippen molar-refractivity contribution in [1.29, 1.82) is 5.26 Å². The zero-order valence-corrected chi connectivity index (χ0v) is 14.0. The Bertz CT molecular complexity index is 830. The summed E-state index contributed by atoms with van der Waals surface area (Å²) in [5.41, 5.74) is 1.18. The van der Waals surface area contributed by atoms with Gasteiger partial charge in [0.25, 0.3) is 5.69 Å². The molecule has 0 saturated heterocycles. The minimum atomic E-state index is -0.505. The predicted molar refractivity (Wildman–Crippen MR) is 91.2 cm³/mol. The molecular weight excluding hydrogens is 326 g/mol. The SMILES string of the molecule is COc1cc(OC)c(OC)cc1CNc1cc(C#N)ccc1[N+](=O)[O-]. The lowest BCUT2D eigenvalue weighted by Gasteiger charge is -2.15. The molecule has 8 nitrogen and oxygen atoms in total. The number of anilines is 1. The number of nitrogens with zero attached hydrogens (tertiary/aromatic N) is 2. The van der Waals surface area contributed by atoms with Gasteiger partial charge in [0, 0.05) is 24.2 Å². The first-order chi connectivity index (χ1) is 12.0. The van der Waals surface area contributed by atoms with E-state index in [1.807, 2.05) is 6.07 Å². The standard InChI is InChI=1S/C17H17N3O5/c1-23-15-8-17(25-3)16(24-2)7-12(15)10-19-13-6-11(9-18)4-5-14(13)20(21)22/h4-8,19H,10H2,1-3H3. The van der Waals surface area contributed by atoms with Gasteiger partial charge in [-0.1, -0.05) is 0 Å². The second kappa shape index (κ2) is 7.88. The molecule has 0 aliphatic carbocycles. The monoisotopic (exact) mass is 343 g/mol. The molecule has 2 aromatic rings. The summed E-state index contributed by atoms with van der Waals surface area (Å²) in [6.45, 7) is 0.235. The van der Waals surface area contributed by atoms with E-state index in [1.54, 1.807) is 12.1 Å². The third-order valence-electron chi connectivity index (χ3n) is 3.58. The van der Waals surface area contributed by atoms with Crippen LogP contribution in [0, 0.1) is 21.4 Å². The van der Waals surface area contributed by atoms with Crippen molar-refractivity contribution in [1.82, 2.24) is 0 Å². The van der Waals surface area contributed by atoms with E-state index in [0.717, 1.165) is 5.56 Å². The predicted octanol–water partition coefficient (Wildman–Crippen LogP) is 3.10. The first-order valence-corrected chi connectivity index (χ1v) is 7.25. The molecule has 2 aromatic carbocycles. The third-order valence-corrected chi connectivity index (χ3v) is 3.58. The van der Waals surface area contributed by atoms with Crippen LogP contribution in [0.3, 0.4) is 0 Å². The third kappa shape index (κ3) is 3.90. The van der Waals surface area contributed by atoms with Gasteiger partial charge in [-0.25, -0.2) is 0 Å². The van der Waals surface area contributed by atoms with Gasteiger partial charge >= 0.3 is 0 Å². The van der Waals surface area contributed by atoms with Crippen LogP contribution in [0.15, 0.2) is 30.3 Å². The molecule has 0 spiro atoms. The van der Waals surface area contributed by atoms with Crippen LogP contribution in [0.4, 0.5) is 11.4 Å². The van der Waals surface area contributed by atoms with Crippen LogP contribution in [0.1, 0.15) is 11.1 Å². The lowest BCUT2D eigenvalue weighted by atomic mass is 10.1. The Morgan fingerprint density at radius 2 is 1.72 bits per heavy atom. The Morgan fingerprint density at radius 3 is 2.28 bits per heavy atom. The van der Waals surface area contributed by atoms with Crippen LogP contribution in [0.5, 0.6) is 17.2 Å². The first kappa shape index (κ1) is 17.9. The van der Waals surface area contributed by atoms with Crippen LogP contribution in [0.2, 0.25) is 0 Å². The van der Waals surface area contributed by atoms with E-state index < -0.39 is 4.92 Å². The number of methoxy groups -OCH3 is 3. The van der Waals surface area contributed by atoms with Gasteiger partial charge < -0.3 is 19.5 Å². The quantitative estimate of drug-likeness (QED) is 0.608. The molecule has 0 bridgehead atoms. The van der Waals surface area contributed by atoms with Gasteiger partial charge in [-0.2, -0.15) is 5.26 Å². The fraction of sp³-hybridized carbons (Fsp3) is 0.235. The van der Waals surface area contributed by atoms with E-state index in [-0.39, 0.29) is 17.9 Å². The number of ether oxygens (including phenoxy) is 3. The van der Waals surface area contributed by atoms with Gasteiger partial charge in [-0.05, 0) is 18.2 Å². The van der Waals surface area contributed by atoms with Gasteiger partial charge in [-0.15, -0.1) is 0 Å². The van der Waals surface area contributed by atoms with Gasteiger partial charge in [0.1, 0.15) is 11.4 Å². The van der Waals surface area contributed by atoms with Gasteiger partial charge in [0.05, 0.1) is 37.9 Å². The molecule has 8 heteroatoms. The molecule has 0 heterocycles. The van der Waals surface area contributed by atoms with Crippen LogP contribution in [-0.4, -0.2) is 26.3 Å². The van der Waals surface area contributed by atoms with Crippen molar-refractivity contribution in [3.63, 3.8) is 0 Å². The van der Waals surface area contributed by atoms with Crippen molar-refractivity contribution < 1.29 is 19.1 Å². The topological polar surface area (TPSA) is 107 Å². The molecule has 130 valence electrons. The van der Waals surface area contributed by atoms with Crippen molar-refractivity contribution in [3.8, 4) is 23.3 Å². The average molecular weight is 343 g/mol. The van der Waals surface area contributed by atoms with Crippen molar-refractivity contribution >= 4 is 11.4 Å². The number of nitro benzene ring substituents is 1. The highest BCUT2D eigenvalue weighted by Crippen LogP contribution is 2.35. The fourth-order valence-electron chi connectivity index (χ4n) is 2.33. The maximum Gasteiger partial charge on any atom is 0.292 e. The number of rotatable bonds is 7. The maximum atomic E-state index is 11.2. The second-order valence-electron chi connectivity index (χ2n) is 4.97.